The molecule has 0 aliphatic heterocycles. The van der Waals surface area contributed by atoms with Crippen molar-refractivity contribution in [1.29, 1.82) is 0 Å². The standard InChI is InChI=1S/C7H11NS.ClH/c1-6(8-2)7-4-3-5-9-7;/h3-6,8H,1-2H3;1H. The Morgan fingerprint density at radius 2 is 2.30 bits per heavy atom. The van der Waals surface area contributed by atoms with E-state index in [4.69, 9.17) is 0 Å². The van der Waals surface area contributed by atoms with E-state index in [2.05, 4.69) is 29.8 Å². The first-order valence-corrected chi connectivity index (χ1v) is 3.93. The topological polar surface area (TPSA) is 12.0 Å². The minimum absolute atomic E-state index is 0. The highest BCUT2D eigenvalue weighted by Gasteiger charge is 2.00. The van der Waals surface area contributed by atoms with Crippen LogP contribution in [0.25, 0.3) is 0 Å². The van der Waals surface area contributed by atoms with Crippen LogP contribution in [-0.4, -0.2) is 7.05 Å². The molecule has 0 amide bonds. The van der Waals surface area contributed by atoms with E-state index in [1.165, 1.54) is 4.88 Å². The largest absolute Gasteiger partial charge is 0.313 e. The Morgan fingerprint density at radius 1 is 1.60 bits per heavy atom. The van der Waals surface area contributed by atoms with Gasteiger partial charge in [-0.25, -0.2) is 0 Å². The van der Waals surface area contributed by atoms with Crippen molar-refractivity contribution >= 4 is 23.7 Å². The third kappa shape index (κ3) is 2.29. The third-order valence-corrected chi connectivity index (χ3v) is 2.46. The zero-order valence-corrected chi connectivity index (χ0v) is 7.76. The highest BCUT2D eigenvalue weighted by molar-refractivity contribution is 7.10. The second kappa shape index (κ2) is 4.72. The Kier molecular flexibility index (Phi) is 4.69. The molecule has 58 valence electrons. The number of nitrogens with one attached hydrogen (secondary N) is 1. The normalized spacial score (nSPS) is 12.2. The van der Waals surface area contributed by atoms with E-state index in [0.29, 0.717) is 6.04 Å². The number of halogens is 1. The predicted octanol–water partition coefficient (Wildman–Crippen LogP) is 2.45. The molecular formula is C7H12ClNS. The summed E-state index contributed by atoms with van der Waals surface area (Å²) in [5.74, 6) is 0. The van der Waals surface area contributed by atoms with Crippen LogP contribution in [-0.2, 0) is 0 Å². The van der Waals surface area contributed by atoms with Gasteiger partial charge < -0.3 is 5.32 Å². The molecule has 0 saturated carbocycles. The van der Waals surface area contributed by atoms with Crippen LogP contribution >= 0.6 is 23.7 Å². The molecule has 1 heterocycles. The zero-order chi connectivity index (χ0) is 6.69. The van der Waals surface area contributed by atoms with Crippen molar-refractivity contribution in [2.24, 2.45) is 0 Å². The van der Waals surface area contributed by atoms with E-state index in [1.807, 2.05) is 7.05 Å². The molecule has 1 rings (SSSR count). The van der Waals surface area contributed by atoms with Gasteiger partial charge in [0.25, 0.3) is 0 Å². The van der Waals surface area contributed by atoms with Crippen LogP contribution in [0.5, 0.6) is 0 Å². The highest BCUT2D eigenvalue weighted by Crippen LogP contribution is 2.16. The van der Waals surface area contributed by atoms with Gasteiger partial charge in [-0.15, -0.1) is 23.7 Å². The van der Waals surface area contributed by atoms with Crippen molar-refractivity contribution in [2.75, 3.05) is 7.05 Å². The van der Waals surface area contributed by atoms with Crippen LogP contribution < -0.4 is 5.32 Å². The highest BCUT2D eigenvalue weighted by atomic mass is 35.5. The van der Waals surface area contributed by atoms with Crippen LogP contribution in [0.2, 0.25) is 0 Å². The van der Waals surface area contributed by atoms with Gasteiger partial charge in [-0.05, 0) is 25.4 Å². The first-order chi connectivity index (χ1) is 4.34. The molecule has 0 spiro atoms. The second-order valence-corrected chi connectivity index (χ2v) is 3.01. The summed E-state index contributed by atoms with van der Waals surface area (Å²) in [6, 6.07) is 4.73. The predicted molar refractivity (Wildman–Crippen MR) is 49.0 cm³/mol. The Morgan fingerprint density at radius 3 is 2.70 bits per heavy atom. The molecule has 0 fully saturated rings. The molecule has 0 aromatic carbocycles. The number of thiophene rings is 1. The third-order valence-electron chi connectivity index (χ3n) is 1.40. The maximum Gasteiger partial charge on any atom is 0.0383 e. The van der Waals surface area contributed by atoms with Crippen LogP contribution in [0.1, 0.15) is 17.8 Å². The van der Waals surface area contributed by atoms with Gasteiger partial charge in [-0.3, -0.25) is 0 Å². The summed E-state index contributed by atoms with van der Waals surface area (Å²) in [6.07, 6.45) is 0. The van der Waals surface area contributed by atoms with E-state index in [0.717, 1.165) is 0 Å². The summed E-state index contributed by atoms with van der Waals surface area (Å²) in [5.41, 5.74) is 0. The average molecular weight is 178 g/mol. The maximum atomic E-state index is 3.18. The molecule has 1 unspecified atom stereocenters. The molecule has 10 heavy (non-hydrogen) atoms. The lowest BCUT2D eigenvalue weighted by atomic mass is 10.3. The van der Waals surface area contributed by atoms with Gasteiger partial charge in [0.2, 0.25) is 0 Å². The quantitative estimate of drug-likeness (QED) is 0.732. The Hall–Kier alpha value is -0.0500. The maximum absolute atomic E-state index is 3.18. The Labute approximate surface area is 71.9 Å². The van der Waals surface area contributed by atoms with Gasteiger partial charge in [-0.2, -0.15) is 0 Å². The molecule has 0 bridgehead atoms. The molecule has 1 atom stereocenters. The van der Waals surface area contributed by atoms with E-state index < -0.39 is 0 Å². The fourth-order valence-electron chi connectivity index (χ4n) is 0.680. The lowest BCUT2D eigenvalue weighted by molar-refractivity contribution is 0.664. The van der Waals surface area contributed by atoms with E-state index in [9.17, 15) is 0 Å². The molecule has 0 radical (unpaired) electrons. The van der Waals surface area contributed by atoms with E-state index in [-0.39, 0.29) is 12.4 Å². The van der Waals surface area contributed by atoms with Gasteiger partial charge in [0.05, 0.1) is 0 Å². The van der Waals surface area contributed by atoms with Gasteiger partial charge in [0, 0.05) is 10.9 Å². The van der Waals surface area contributed by atoms with Gasteiger partial charge in [0.1, 0.15) is 0 Å². The molecule has 0 aliphatic carbocycles. The van der Waals surface area contributed by atoms with Crippen LogP contribution in [0.15, 0.2) is 17.5 Å². The van der Waals surface area contributed by atoms with Crippen molar-refractivity contribution in [3.05, 3.63) is 22.4 Å². The van der Waals surface area contributed by atoms with E-state index >= 15 is 0 Å². The van der Waals surface area contributed by atoms with Crippen molar-refractivity contribution in [2.45, 2.75) is 13.0 Å². The zero-order valence-electron chi connectivity index (χ0n) is 6.13. The number of hydrogen-bond donors (Lipinski definition) is 1. The molecule has 0 aliphatic rings. The molecular weight excluding hydrogens is 166 g/mol. The van der Waals surface area contributed by atoms with Crippen molar-refractivity contribution in [3.8, 4) is 0 Å². The summed E-state index contributed by atoms with van der Waals surface area (Å²) in [7, 11) is 1.98. The average Bonchev–Trinajstić information content (AvgIpc) is 2.37. The molecule has 1 aromatic rings. The van der Waals surface area contributed by atoms with Crippen LogP contribution in [0.4, 0.5) is 0 Å². The number of hydrogen-bond acceptors (Lipinski definition) is 2. The van der Waals surface area contributed by atoms with Gasteiger partial charge in [0.15, 0.2) is 0 Å². The monoisotopic (exact) mass is 177 g/mol. The fraction of sp³-hybridized carbons (Fsp3) is 0.429. The van der Waals surface area contributed by atoms with Crippen LogP contribution in [0.3, 0.4) is 0 Å². The van der Waals surface area contributed by atoms with E-state index in [1.54, 1.807) is 11.3 Å². The second-order valence-electron chi connectivity index (χ2n) is 2.03. The molecule has 1 N–H and O–H groups in total. The Bertz CT molecular complexity index is 162. The first-order valence-electron chi connectivity index (χ1n) is 3.05. The summed E-state index contributed by atoms with van der Waals surface area (Å²) in [5, 5.41) is 5.28. The minimum atomic E-state index is 0. The number of rotatable bonds is 2. The lowest BCUT2D eigenvalue weighted by Gasteiger charge is -2.04. The molecule has 1 aromatic heterocycles. The van der Waals surface area contributed by atoms with Crippen LogP contribution in [0, 0.1) is 0 Å². The summed E-state index contributed by atoms with van der Waals surface area (Å²) >= 11 is 1.79. The Balaban J connectivity index is 0.000000810. The summed E-state index contributed by atoms with van der Waals surface area (Å²) in [6.45, 7) is 2.16. The molecule has 3 heteroatoms. The minimum Gasteiger partial charge on any atom is -0.313 e. The van der Waals surface area contributed by atoms with Crippen molar-refractivity contribution in [3.63, 3.8) is 0 Å². The molecule has 0 saturated heterocycles. The lowest BCUT2D eigenvalue weighted by Crippen LogP contribution is -2.10. The summed E-state index contributed by atoms with van der Waals surface area (Å²) < 4.78 is 0. The smallest absolute Gasteiger partial charge is 0.0383 e. The van der Waals surface area contributed by atoms with Crippen molar-refractivity contribution in [1.82, 2.24) is 5.32 Å². The fourth-order valence-corrected chi connectivity index (χ4v) is 1.47. The first kappa shape index (κ1) is 9.95. The molecule has 1 nitrogen and oxygen atoms in total. The van der Waals surface area contributed by atoms with Crippen molar-refractivity contribution < 1.29 is 0 Å². The SMILES string of the molecule is CNC(C)c1cccs1.Cl. The van der Waals surface area contributed by atoms with Gasteiger partial charge >= 0.3 is 0 Å². The summed E-state index contributed by atoms with van der Waals surface area (Å²) in [4.78, 5) is 1.40. The van der Waals surface area contributed by atoms with Gasteiger partial charge in [-0.1, -0.05) is 6.07 Å².